The zero-order valence-corrected chi connectivity index (χ0v) is 9.93. The molecule has 6 aliphatic carbocycles. The molecule has 0 spiro atoms. The van der Waals surface area contributed by atoms with Crippen LogP contribution in [0.1, 0.15) is 51.4 Å². The van der Waals surface area contributed by atoms with Gasteiger partial charge < -0.3 is 0 Å². The summed E-state index contributed by atoms with van der Waals surface area (Å²) in [6, 6.07) is 0. The Morgan fingerprint density at radius 2 is 1.47 bits per heavy atom. The molecule has 84 valence electrons. The third-order valence-electron chi connectivity index (χ3n) is 5.53. The first-order valence-electron chi connectivity index (χ1n) is 6.42. The summed E-state index contributed by atoms with van der Waals surface area (Å²) in [4.78, 5) is 11.8. The molecule has 0 aromatic rings. The molecular formula is C13H19ClO. The number of rotatable bonds is 1. The zero-order chi connectivity index (χ0) is 10.5. The molecule has 0 radical (unpaired) electrons. The number of hydrogen-bond acceptors (Lipinski definition) is 1. The summed E-state index contributed by atoms with van der Waals surface area (Å²) in [5, 5.41) is -0.0219. The summed E-state index contributed by atoms with van der Waals surface area (Å²) in [7, 11) is 0. The van der Waals surface area contributed by atoms with Gasteiger partial charge in [0.05, 0.1) is 0 Å². The van der Waals surface area contributed by atoms with Crippen molar-refractivity contribution in [2.24, 2.45) is 23.2 Å². The smallest absolute Gasteiger partial charge is 0.228 e. The third kappa shape index (κ3) is 1.39. The SMILES string of the molecule is O=C(Cl)C12CCC(CC1)C1CCC2CC1. The normalized spacial score (nSPS) is 48.7. The van der Waals surface area contributed by atoms with Gasteiger partial charge in [-0.15, -0.1) is 0 Å². The summed E-state index contributed by atoms with van der Waals surface area (Å²) in [5.74, 6) is 2.50. The lowest BCUT2D eigenvalue weighted by Crippen LogP contribution is -2.46. The molecule has 2 heteroatoms. The van der Waals surface area contributed by atoms with E-state index in [2.05, 4.69) is 0 Å². The highest BCUT2D eigenvalue weighted by molar-refractivity contribution is 6.64. The minimum atomic E-state index is -0.108. The van der Waals surface area contributed by atoms with E-state index in [1.54, 1.807) is 0 Å². The van der Waals surface area contributed by atoms with Crippen LogP contribution in [0.25, 0.3) is 0 Å². The Morgan fingerprint density at radius 3 is 2.00 bits per heavy atom. The van der Waals surface area contributed by atoms with Gasteiger partial charge >= 0.3 is 0 Å². The molecule has 6 saturated carbocycles. The zero-order valence-electron chi connectivity index (χ0n) is 9.18. The van der Waals surface area contributed by atoms with Gasteiger partial charge in [0.15, 0.2) is 0 Å². The lowest BCUT2D eigenvalue weighted by atomic mass is 9.53. The molecule has 1 nitrogen and oxygen atoms in total. The molecule has 0 unspecified atom stereocenters. The maximum Gasteiger partial charge on any atom is 0.228 e. The Labute approximate surface area is 96.6 Å². The Bertz CT molecular complexity index is 270. The number of hydrogen-bond donors (Lipinski definition) is 0. The highest BCUT2D eigenvalue weighted by Gasteiger charge is 2.51. The maximum atomic E-state index is 11.8. The van der Waals surface area contributed by atoms with Gasteiger partial charge in [0, 0.05) is 5.41 Å². The highest BCUT2D eigenvalue weighted by atomic mass is 35.5. The van der Waals surface area contributed by atoms with Gasteiger partial charge in [0.2, 0.25) is 5.24 Å². The molecule has 6 rings (SSSR count). The Morgan fingerprint density at radius 1 is 0.933 bits per heavy atom. The predicted octanol–water partition coefficient (Wildman–Crippen LogP) is 3.75. The first-order chi connectivity index (χ1) is 7.22. The summed E-state index contributed by atoms with van der Waals surface area (Å²) >= 11 is 5.92. The standard InChI is InChI=1S/C13H19ClO/c14-12(15)13-7-5-10(6-8-13)9-1-3-11(13)4-2-9/h9-11H,1-8H2. The van der Waals surface area contributed by atoms with Crippen LogP contribution >= 0.6 is 11.6 Å². The van der Waals surface area contributed by atoms with Crippen molar-refractivity contribution in [2.75, 3.05) is 0 Å². The quantitative estimate of drug-likeness (QED) is 0.623. The molecule has 0 N–H and O–H groups in total. The topological polar surface area (TPSA) is 17.1 Å². The Hall–Kier alpha value is -0.0400. The van der Waals surface area contributed by atoms with E-state index in [1.165, 1.54) is 38.5 Å². The van der Waals surface area contributed by atoms with Gasteiger partial charge in [-0.1, -0.05) is 0 Å². The van der Waals surface area contributed by atoms with Crippen LogP contribution < -0.4 is 0 Å². The molecule has 6 aliphatic rings. The van der Waals surface area contributed by atoms with Gasteiger partial charge in [0.1, 0.15) is 0 Å². The van der Waals surface area contributed by atoms with Crippen molar-refractivity contribution in [1.82, 2.24) is 0 Å². The van der Waals surface area contributed by atoms with Crippen LogP contribution in [0.5, 0.6) is 0 Å². The second-order valence-corrected chi connectivity index (χ2v) is 6.22. The van der Waals surface area contributed by atoms with Gasteiger partial charge in [-0.3, -0.25) is 4.79 Å². The fourth-order valence-electron chi connectivity index (χ4n) is 4.54. The monoisotopic (exact) mass is 226 g/mol. The van der Waals surface area contributed by atoms with E-state index in [-0.39, 0.29) is 10.7 Å². The van der Waals surface area contributed by atoms with Crippen molar-refractivity contribution in [3.8, 4) is 0 Å². The van der Waals surface area contributed by atoms with E-state index in [9.17, 15) is 4.79 Å². The van der Waals surface area contributed by atoms with Crippen LogP contribution in [0.15, 0.2) is 0 Å². The van der Waals surface area contributed by atoms with E-state index >= 15 is 0 Å². The van der Waals surface area contributed by atoms with E-state index in [1.807, 2.05) is 0 Å². The Kier molecular flexibility index (Phi) is 2.35. The molecule has 0 heterocycles. The van der Waals surface area contributed by atoms with Gasteiger partial charge in [0.25, 0.3) is 0 Å². The number of carbonyl (C=O) groups excluding carboxylic acids is 1. The molecule has 0 atom stereocenters. The third-order valence-corrected chi connectivity index (χ3v) is 5.91. The summed E-state index contributed by atoms with van der Waals surface area (Å²) in [6.07, 6.45) is 9.95. The first kappa shape index (κ1) is 10.1. The van der Waals surface area contributed by atoms with Crippen molar-refractivity contribution in [3.05, 3.63) is 0 Å². The van der Waals surface area contributed by atoms with E-state index in [0.717, 1.165) is 24.7 Å². The molecule has 4 bridgehead atoms. The maximum absolute atomic E-state index is 11.8. The second kappa shape index (κ2) is 3.48. The number of carbonyl (C=O) groups is 1. The van der Waals surface area contributed by atoms with Gasteiger partial charge in [-0.05, 0) is 80.7 Å². The van der Waals surface area contributed by atoms with E-state index < -0.39 is 0 Å². The lowest BCUT2D eigenvalue weighted by Gasteiger charge is -2.51. The molecule has 0 aromatic heterocycles. The van der Waals surface area contributed by atoms with Crippen LogP contribution in [0.3, 0.4) is 0 Å². The fourth-order valence-corrected chi connectivity index (χ4v) is 4.88. The van der Waals surface area contributed by atoms with E-state index in [4.69, 9.17) is 11.6 Å². The summed E-state index contributed by atoms with van der Waals surface area (Å²) < 4.78 is 0. The van der Waals surface area contributed by atoms with Crippen LogP contribution in [0, 0.1) is 23.2 Å². The first-order valence-corrected chi connectivity index (χ1v) is 6.80. The number of halogens is 1. The average molecular weight is 227 g/mol. The minimum Gasteiger partial charge on any atom is -0.281 e. The van der Waals surface area contributed by atoms with Crippen LogP contribution in [0.4, 0.5) is 0 Å². The predicted molar refractivity (Wildman–Crippen MR) is 60.7 cm³/mol. The summed E-state index contributed by atoms with van der Waals surface area (Å²) in [5.41, 5.74) is -0.108. The van der Waals surface area contributed by atoms with Crippen molar-refractivity contribution in [1.29, 1.82) is 0 Å². The van der Waals surface area contributed by atoms with Crippen molar-refractivity contribution >= 4 is 16.8 Å². The average Bonchev–Trinajstić information content (AvgIpc) is 2.24. The molecule has 0 aliphatic heterocycles. The molecule has 0 amide bonds. The van der Waals surface area contributed by atoms with E-state index in [0.29, 0.717) is 5.92 Å². The molecule has 0 aromatic carbocycles. The van der Waals surface area contributed by atoms with Crippen LogP contribution in [-0.2, 0) is 4.79 Å². The van der Waals surface area contributed by atoms with Crippen molar-refractivity contribution in [2.45, 2.75) is 51.4 Å². The fraction of sp³-hybridized carbons (Fsp3) is 0.923. The lowest BCUT2D eigenvalue weighted by molar-refractivity contribution is -0.131. The molecule has 0 saturated heterocycles. The van der Waals surface area contributed by atoms with Crippen molar-refractivity contribution < 1.29 is 4.79 Å². The summed E-state index contributed by atoms with van der Waals surface area (Å²) in [6.45, 7) is 0. The molecular weight excluding hydrogens is 208 g/mol. The minimum absolute atomic E-state index is 0.0219. The van der Waals surface area contributed by atoms with Crippen LogP contribution in [-0.4, -0.2) is 5.24 Å². The van der Waals surface area contributed by atoms with Gasteiger partial charge in [-0.2, -0.15) is 0 Å². The Balaban J connectivity index is 1.97. The van der Waals surface area contributed by atoms with Crippen molar-refractivity contribution in [3.63, 3.8) is 0 Å². The van der Waals surface area contributed by atoms with Gasteiger partial charge in [-0.25, -0.2) is 0 Å². The largest absolute Gasteiger partial charge is 0.281 e. The second-order valence-electron chi connectivity index (χ2n) is 5.88. The molecule has 6 fully saturated rings. The molecule has 15 heavy (non-hydrogen) atoms. The highest BCUT2D eigenvalue weighted by Crippen LogP contribution is 2.57. The van der Waals surface area contributed by atoms with Crippen LogP contribution in [0.2, 0.25) is 0 Å².